The van der Waals surface area contributed by atoms with Crippen molar-refractivity contribution in [3.8, 4) is 0 Å². The van der Waals surface area contributed by atoms with Crippen molar-refractivity contribution in [1.82, 2.24) is 10.6 Å². The van der Waals surface area contributed by atoms with Crippen molar-refractivity contribution in [1.29, 1.82) is 0 Å². The average molecular weight is 264 g/mol. The van der Waals surface area contributed by atoms with E-state index in [1.807, 2.05) is 7.05 Å². The first kappa shape index (κ1) is 13.4. The summed E-state index contributed by atoms with van der Waals surface area (Å²) in [6, 6.07) is 0. The van der Waals surface area contributed by atoms with Crippen LogP contribution in [0, 0.1) is 29.6 Å². The smallest absolute Gasteiger partial charge is 0.234 e. The lowest BCUT2D eigenvalue weighted by molar-refractivity contribution is -0.126. The van der Waals surface area contributed by atoms with Crippen LogP contribution in [-0.4, -0.2) is 25.0 Å². The molecule has 0 aliphatic heterocycles. The van der Waals surface area contributed by atoms with E-state index >= 15 is 0 Å². The summed E-state index contributed by atoms with van der Waals surface area (Å²) in [5.41, 5.74) is -0.0451. The molecular weight excluding hydrogens is 236 g/mol. The highest BCUT2D eigenvalue weighted by Gasteiger charge is 2.53. The van der Waals surface area contributed by atoms with Crippen LogP contribution in [-0.2, 0) is 4.79 Å². The van der Waals surface area contributed by atoms with E-state index in [1.165, 1.54) is 32.1 Å². The molecule has 4 fully saturated rings. The highest BCUT2D eigenvalue weighted by molar-refractivity contribution is 5.78. The van der Waals surface area contributed by atoms with Gasteiger partial charge in [0.15, 0.2) is 0 Å². The summed E-state index contributed by atoms with van der Waals surface area (Å²) < 4.78 is 0. The molecule has 4 aliphatic carbocycles. The van der Waals surface area contributed by atoms with E-state index in [0.29, 0.717) is 12.5 Å². The third-order valence-corrected chi connectivity index (χ3v) is 5.86. The SMILES string of the molecule is CNCC(=O)NC(C)(C)C1C2CC3CC(C2)CC1C3. The second-order valence-electron chi connectivity index (χ2n) is 7.76. The van der Waals surface area contributed by atoms with Gasteiger partial charge in [-0.25, -0.2) is 0 Å². The predicted molar refractivity (Wildman–Crippen MR) is 76.7 cm³/mol. The normalized spacial score (nSPS) is 40.5. The minimum Gasteiger partial charge on any atom is -0.350 e. The van der Waals surface area contributed by atoms with Crippen LogP contribution in [0.5, 0.6) is 0 Å². The van der Waals surface area contributed by atoms with E-state index in [9.17, 15) is 4.79 Å². The van der Waals surface area contributed by atoms with Gasteiger partial charge in [-0.15, -0.1) is 0 Å². The molecule has 0 unspecified atom stereocenters. The van der Waals surface area contributed by atoms with Crippen LogP contribution >= 0.6 is 0 Å². The second kappa shape index (κ2) is 4.76. The van der Waals surface area contributed by atoms with Gasteiger partial charge >= 0.3 is 0 Å². The molecule has 0 radical (unpaired) electrons. The van der Waals surface area contributed by atoms with E-state index < -0.39 is 0 Å². The van der Waals surface area contributed by atoms with Gasteiger partial charge in [-0.05, 0) is 82.6 Å². The zero-order valence-corrected chi connectivity index (χ0v) is 12.5. The minimum atomic E-state index is -0.0451. The quantitative estimate of drug-likeness (QED) is 0.817. The van der Waals surface area contributed by atoms with Crippen LogP contribution in [0.2, 0.25) is 0 Å². The van der Waals surface area contributed by atoms with Gasteiger partial charge in [-0.3, -0.25) is 4.79 Å². The topological polar surface area (TPSA) is 41.1 Å². The van der Waals surface area contributed by atoms with Gasteiger partial charge < -0.3 is 10.6 Å². The molecule has 3 nitrogen and oxygen atoms in total. The molecule has 108 valence electrons. The molecule has 4 aliphatic rings. The molecule has 19 heavy (non-hydrogen) atoms. The molecule has 4 bridgehead atoms. The maximum Gasteiger partial charge on any atom is 0.234 e. The van der Waals surface area contributed by atoms with Crippen LogP contribution in [0.3, 0.4) is 0 Å². The molecule has 0 heterocycles. The molecule has 0 atom stereocenters. The highest BCUT2D eigenvalue weighted by atomic mass is 16.2. The molecule has 2 N–H and O–H groups in total. The van der Waals surface area contributed by atoms with Crippen LogP contribution < -0.4 is 10.6 Å². The fourth-order valence-electron chi connectivity index (χ4n) is 5.75. The number of carbonyl (C=O) groups excluding carboxylic acids is 1. The Bertz CT molecular complexity index is 336. The molecular formula is C16H28N2O. The van der Waals surface area contributed by atoms with E-state index in [4.69, 9.17) is 0 Å². The Morgan fingerprint density at radius 3 is 2.05 bits per heavy atom. The Hall–Kier alpha value is -0.570. The maximum absolute atomic E-state index is 11.9. The van der Waals surface area contributed by atoms with Gasteiger partial charge in [-0.2, -0.15) is 0 Å². The molecule has 1 amide bonds. The molecule has 4 rings (SSSR count). The molecule has 0 saturated heterocycles. The zero-order chi connectivity index (χ0) is 13.6. The lowest BCUT2D eigenvalue weighted by Gasteiger charge is -2.58. The van der Waals surface area contributed by atoms with E-state index in [0.717, 1.165) is 23.7 Å². The molecule has 0 spiro atoms. The van der Waals surface area contributed by atoms with Gasteiger partial charge in [0.05, 0.1) is 6.54 Å². The first-order chi connectivity index (χ1) is 8.99. The molecule has 3 heteroatoms. The predicted octanol–water partition coefficient (Wildman–Crippen LogP) is 2.17. The van der Waals surface area contributed by atoms with Crippen molar-refractivity contribution in [3.05, 3.63) is 0 Å². The fourth-order valence-corrected chi connectivity index (χ4v) is 5.75. The van der Waals surface area contributed by atoms with Crippen molar-refractivity contribution in [3.63, 3.8) is 0 Å². The fraction of sp³-hybridized carbons (Fsp3) is 0.938. The Morgan fingerprint density at radius 2 is 1.58 bits per heavy atom. The molecule has 4 saturated carbocycles. The number of hydrogen-bond acceptors (Lipinski definition) is 2. The standard InChI is InChI=1S/C16H28N2O/c1-16(2,18-14(19)9-17-3)15-12-5-10-4-11(7-12)8-13(15)6-10/h10-13,15,17H,4-9H2,1-3H3,(H,18,19). The maximum atomic E-state index is 11.9. The van der Waals surface area contributed by atoms with Gasteiger partial charge in [0.1, 0.15) is 0 Å². The Kier molecular flexibility index (Phi) is 3.36. The molecule has 0 aromatic carbocycles. The van der Waals surface area contributed by atoms with Crippen molar-refractivity contribution in [2.75, 3.05) is 13.6 Å². The average Bonchev–Trinajstić information content (AvgIpc) is 2.25. The number of rotatable bonds is 4. The summed E-state index contributed by atoms with van der Waals surface area (Å²) >= 11 is 0. The van der Waals surface area contributed by atoms with E-state index in [1.54, 1.807) is 0 Å². The van der Waals surface area contributed by atoms with Gasteiger partial charge in [0, 0.05) is 5.54 Å². The van der Waals surface area contributed by atoms with Crippen LogP contribution in [0.15, 0.2) is 0 Å². The van der Waals surface area contributed by atoms with Gasteiger partial charge in [0.2, 0.25) is 5.91 Å². The Morgan fingerprint density at radius 1 is 1.05 bits per heavy atom. The van der Waals surface area contributed by atoms with Gasteiger partial charge in [0.25, 0.3) is 0 Å². The summed E-state index contributed by atoms with van der Waals surface area (Å²) in [5.74, 6) is 4.56. The first-order valence-electron chi connectivity index (χ1n) is 7.95. The number of carbonyl (C=O) groups is 1. The largest absolute Gasteiger partial charge is 0.350 e. The number of hydrogen-bond donors (Lipinski definition) is 2. The Balaban J connectivity index is 1.72. The summed E-state index contributed by atoms with van der Waals surface area (Å²) in [6.45, 7) is 4.91. The van der Waals surface area contributed by atoms with Crippen LogP contribution in [0.4, 0.5) is 0 Å². The lowest BCUT2D eigenvalue weighted by Crippen LogP contribution is -2.60. The van der Waals surface area contributed by atoms with Crippen LogP contribution in [0.25, 0.3) is 0 Å². The highest BCUT2D eigenvalue weighted by Crippen LogP contribution is 2.58. The second-order valence-corrected chi connectivity index (χ2v) is 7.76. The monoisotopic (exact) mass is 264 g/mol. The lowest BCUT2D eigenvalue weighted by atomic mass is 9.48. The number of nitrogens with one attached hydrogen (secondary N) is 2. The minimum absolute atomic E-state index is 0.0451. The summed E-state index contributed by atoms with van der Waals surface area (Å²) in [4.78, 5) is 11.9. The van der Waals surface area contributed by atoms with Crippen molar-refractivity contribution >= 4 is 5.91 Å². The molecule has 0 aromatic rings. The Labute approximate surface area is 116 Å². The van der Waals surface area contributed by atoms with Crippen LogP contribution in [0.1, 0.15) is 46.0 Å². The number of amides is 1. The van der Waals surface area contributed by atoms with Crippen molar-refractivity contribution in [2.24, 2.45) is 29.6 Å². The van der Waals surface area contributed by atoms with Crippen molar-refractivity contribution in [2.45, 2.75) is 51.5 Å². The first-order valence-corrected chi connectivity index (χ1v) is 7.95. The van der Waals surface area contributed by atoms with Crippen molar-refractivity contribution < 1.29 is 4.79 Å². The van der Waals surface area contributed by atoms with E-state index in [2.05, 4.69) is 24.5 Å². The summed E-state index contributed by atoms with van der Waals surface area (Å²) in [5, 5.41) is 6.23. The number of likely N-dealkylation sites (N-methyl/N-ethyl adjacent to an activating group) is 1. The third kappa shape index (κ3) is 2.42. The third-order valence-electron chi connectivity index (χ3n) is 5.86. The molecule has 0 aromatic heterocycles. The zero-order valence-electron chi connectivity index (χ0n) is 12.5. The van der Waals surface area contributed by atoms with E-state index in [-0.39, 0.29) is 11.4 Å². The summed E-state index contributed by atoms with van der Waals surface area (Å²) in [6.07, 6.45) is 7.17. The van der Waals surface area contributed by atoms with Gasteiger partial charge in [-0.1, -0.05) is 0 Å². The summed E-state index contributed by atoms with van der Waals surface area (Å²) in [7, 11) is 1.83.